The lowest BCUT2D eigenvalue weighted by Crippen LogP contribution is -2.38. The van der Waals surface area contributed by atoms with Gasteiger partial charge in [0.05, 0.1) is 0 Å². The molecular formula is C11H22N2O2. The predicted molar refractivity (Wildman–Crippen MR) is 59.6 cm³/mol. The fraction of sp³-hybridized carbons (Fsp3) is 0.909. The Bertz CT molecular complexity index is 191. The van der Waals surface area contributed by atoms with Crippen molar-refractivity contribution in [2.75, 3.05) is 33.4 Å². The molecule has 1 fully saturated rings. The average Bonchev–Trinajstić information content (AvgIpc) is 2.27. The van der Waals surface area contributed by atoms with Gasteiger partial charge in [0.1, 0.15) is 0 Å². The molecule has 4 nitrogen and oxygen atoms in total. The minimum atomic E-state index is 0.0508. The molecule has 1 unspecified atom stereocenters. The molecule has 2 N–H and O–H groups in total. The molecular weight excluding hydrogens is 192 g/mol. The first kappa shape index (κ1) is 12.5. The van der Waals surface area contributed by atoms with Crippen LogP contribution in [0.2, 0.25) is 0 Å². The van der Waals surface area contributed by atoms with E-state index in [-0.39, 0.29) is 11.8 Å². The number of nitrogens with one attached hydrogen (secondary N) is 2. The summed E-state index contributed by atoms with van der Waals surface area (Å²) < 4.78 is 5.27. The lowest BCUT2D eigenvalue weighted by molar-refractivity contribution is -0.124. The summed E-state index contributed by atoms with van der Waals surface area (Å²) in [6, 6.07) is 0. The highest BCUT2D eigenvalue weighted by Crippen LogP contribution is 2.13. The number of carbonyl (C=O) groups excluding carboxylic acids is 1. The highest BCUT2D eigenvalue weighted by molar-refractivity contribution is 5.78. The Morgan fingerprint density at radius 1 is 1.47 bits per heavy atom. The molecule has 1 aliphatic rings. The van der Waals surface area contributed by atoms with E-state index in [2.05, 4.69) is 10.6 Å². The van der Waals surface area contributed by atoms with Crippen LogP contribution in [0.25, 0.3) is 0 Å². The van der Waals surface area contributed by atoms with Crippen LogP contribution in [0.1, 0.15) is 19.8 Å². The zero-order valence-electron chi connectivity index (χ0n) is 9.71. The van der Waals surface area contributed by atoms with Crippen LogP contribution < -0.4 is 10.6 Å². The largest absolute Gasteiger partial charge is 0.381 e. The maximum absolute atomic E-state index is 11.6. The van der Waals surface area contributed by atoms with Gasteiger partial charge in [0.15, 0.2) is 0 Å². The number of hydrogen-bond acceptors (Lipinski definition) is 3. The van der Waals surface area contributed by atoms with Gasteiger partial charge in [-0.05, 0) is 25.8 Å². The fourth-order valence-electron chi connectivity index (χ4n) is 1.77. The molecule has 1 heterocycles. The molecule has 0 aromatic rings. The smallest absolute Gasteiger partial charge is 0.224 e. The summed E-state index contributed by atoms with van der Waals surface area (Å²) in [4.78, 5) is 11.6. The van der Waals surface area contributed by atoms with Crippen molar-refractivity contribution in [1.82, 2.24) is 10.6 Å². The highest BCUT2D eigenvalue weighted by Gasteiger charge is 2.16. The summed E-state index contributed by atoms with van der Waals surface area (Å²) in [6.45, 7) is 5.16. The molecule has 1 atom stereocenters. The van der Waals surface area contributed by atoms with Gasteiger partial charge in [-0.25, -0.2) is 0 Å². The molecule has 1 rings (SSSR count). The number of amides is 1. The van der Waals surface area contributed by atoms with E-state index in [0.717, 1.165) is 39.1 Å². The predicted octanol–water partition coefficient (Wildman–Crippen LogP) is 0.385. The summed E-state index contributed by atoms with van der Waals surface area (Å²) in [7, 11) is 1.86. The molecule has 0 radical (unpaired) electrons. The first-order chi connectivity index (χ1) is 7.24. The molecule has 0 aromatic carbocycles. The maximum Gasteiger partial charge on any atom is 0.224 e. The van der Waals surface area contributed by atoms with Gasteiger partial charge < -0.3 is 15.4 Å². The van der Waals surface area contributed by atoms with Gasteiger partial charge in [-0.3, -0.25) is 4.79 Å². The third-order valence-electron chi connectivity index (χ3n) is 2.86. The molecule has 4 heteroatoms. The highest BCUT2D eigenvalue weighted by atomic mass is 16.5. The Balaban J connectivity index is 2.14. The molecule has 0 bridgehead atoms. The molecule has 88 valence electrons. The van der Waals surface area contributed by atoms with Crippen molar-refractivity contribution in [3.05, 3.63) is 0 Å². The van der Waals surface area contributed by atoms with E-state index in [0.29, 0.717) is 5.92 Å². The quantitative estimate of drug-likeness (QED) is 0.696. The molecule has 1 aliphatic heterocycles. The van der Waals surface area contributed by atoms with Crippen molar-refractivity contribution in [3.63, 3.8) is 0 Å². The number of rotatable bonds is 5. The van der Waals surface area contributed by atoms with E-state index in [1.165, 1.54) is 0 Å². The molecule has 0 spiro atoms. The van der Waals surface area contributed by atoms with E-state index >= 15 is 0 Å². The number of carbonyl (C=O) groups is 1. The summed E-state index contributed by atoms with van der Waals surface area (Å²) >= 11 is 0. The van der Waals surface area contributed by atoms with Crippen LogP contribution in [0.15, 0.2) is 0 Å². The fourth-order valence-corrected chi connectivity index (χ4v) is 1.77. The first-order valence-electron chi connectivity index (χ1n) is 5.74. The van der Waals surface area contributed by atoms with E-state index in [4.69, 9.17) is 4.74 Å². The standard InChI is InChI=1S/C11H22N2O2/c1-9(7-12-2)11(14)13-8-10-3-5-15-6-4-10/h9-10,12H,3-8H2,1-2H3,(H,13,14). The van der Waals surface area contributed by atoms with Gasteiger partial charge in [0.25, 0.3) is 0 Å². The van der Waals surface area contributed by atoms with Gasteiger partial charge >= 0.3 is 0 Å². The minimum absolute atomic E-state index is 0.0508. The van der Waals surface area contributed by atoms with Crippen LogP contribution in [0.5, 0.6) is 0 Å². The Morgan fingerprint density at radius 2 is 2.13 bits per heavy atom. The SMILES string of the molecule is CNCC(C)C(=O)NCC1CCOCC1. The van der Waals surface area contributed by atoms with Crippen molar-refractivity contribution >= 4 is 5.91 Å². The Kier molecular flexibility index (Phi) is 5.65. The van der Waals surface area contributed by atoms with Crippen LogP contribution in [-0.2, 0) is 9.53 Å². The van der Waals surface area contributed by atoms with Crippen LogP contribution in [0.3, 0.4) is 0 Å². The molecule has 1 amide bonds. The number of ether oxygens (including phenoxy) is 1. The molecule has 0 aromatic heterocycles. The Morgan fingerprint density at radius 3 is 2.73 bits per heavy atom. The van der Waals surface area contributed by atoms with Gasteiger partial charge in [0, 0.05) is 32.2 Å². The summed E-state index contributed by atoms with van der Waals surface area (Å²) in [5.41, 5.74) is 0. The van der Waals surface area contributed by atoms with Gasteiger partial charge in [-0.15, -0.1) is 0 Å². The maximum atomic E-state index is 11.6. The first-order valence-corrected chi connectivity index (χ1v) is 5.74. The summed E-state index contributed by atoms with van der Waals surface area (Å²) in [5, 5.41) is 6.01. The van der Waals surface area contributed by atoms with Crippen molar-refractivity contribution in [2.24, 2.45) is 11.8 Å². The molecule has 0 saturated carbocycles. The second-order valence-electron chi connectivity index (χ2n) is 4.26. The minimum Gasteiger partial charge on any atom is -0.381 e. The third kappa shape index (κ3) is 4.62. The Labute approximate surface area is 91.8 Å². The normalized spacial score (nSPS) is 19.9. The van der Waals surface area contributed by atoms with Crippen LogP contribution >= 0.6 is 0 Å². The van der Waals surface area contributed by atoms with Gasteiger partial charge in [-0.2, -0.15) is 0 Å². The second kappa shape index (κ2) is 6.80. The van der Waals surface area contributed by atoms with Gasteiger partial charge in [0.2, 0.25) is 5.91 Å². The van der Waals surface area contributed by atoms with Crippen molar-refractivity contribution in [1.29, 1.82) is 0 Å². The molecule has 15 heavy (non-hydrogen) atoms. The van der Waals surface area contributed by atoms with Crippen molar-refractivity contribution in [3.8, 4) is 0 Å². The van der Waals surface area contributed by atoms with Crippen molar-refractivity contribution < 1.29 is 9.53 Å². The molecule has 0 aliphatic carbocycles. The summed E-state index contributed by atoms with van der Waals surface area (Å²) in [6.07, 6.45) is 2.14. The van der Waals surface area contributed by atoms with E-state index in [1.54, 1.807) is 0 Å². The van der Waals surface area contributed by atoms with Crippen LogP contribution in [0.4, 0.5) is 0 Å². The summed E-state index contributed by atoms with van der Waals surface area (Å²) in [5.74, 6) is 0.801. The monoisotopic (exact) mass is 214 g/mol. The van der Waals surface area contributed by atoms with Crippen LogP contribution in [-0.4, -0.2) is 39.3 Å². The van der Waals surface area contributed by atoms with Gasteiger partial charge in [-0.1, -0.05) is 6.92 Å². The lowest BCUT2D eigenvalue weighted by atomic mass is 10.00. The van der Waals surface area contributed by atoms with E-state index in [1.807, 2.05) is 14.0 Å². The van der Waals surface area contributed by atoms with E-state index < -0.39 is 0 Å². The van der Waals surface area contributed by atoms with Crippen LogP contribution in [0, 0.1) is 11.8 Å². The lowest BCUT2D eigenvalue weighted by Gasteiger charge is -2.23. The third-order valence-corrected chi connectivity index (χ3v) is 2.86. The van der Waals surface area contributed by atoms with E-state index in [9.17, 15) is 4.79 Å². The second-order valence-corrected chi connectivity index (χ2v) is 4.26. The molecule has 1 saturated heterocycles. The zero-order chi connectivity index (χ0) is 11.1. The zero-order valence-corrected chi connectivity index (χ0v) is 9.71. The van der Waals surface area contributed by atoms with Crippen molar-refractivity contribution in [2.45, 2.75) is 19.8 Å². The topological polar surface area (TPSA) is 50.4 Å². The number of hydrogen-bond donors (Lipinski definition) is 2. The Hall–Kier alpha value is -0.610. The average molecular weight is 214 g/mol.